The topological polar surface area (TPSA) is 12.5 Å². The van der Waals surface area contributed by atoms with Gasteiger partial charge in [-0.25, -0.2) is 0 Å². The first-order chi connectivity index (χ1) is 10.3. The summed E-state index contributed by atoms with van der Waals surface area (Å²) in [6.07, 6.45) is 7.98. The normalized spacial score (nSPS) is 10.8. The Labute approximate surface area is 130 Å². The lowest BCUT2D eigenvalue weighted by Gasteiger charge is -2.20. The third-order valence-corrected chi connectivity index (χ3v) is 3.59. The second-order valence-corrected chi connectivity index (χ2v) is 5.49. The van der Waals surface area contributed by atoms with Crippen molar-refractivity contribution in [2.24, 2.45) is 0 Å². The minimum Gasteiger partial charge on any atom is -0.493 e. The van der Waals surface area contributed by atoms with Crippen LogP contribution in [-0.4, -0.2) is 31.1 Å². The van der Waals surface area contributed by atoms with E-state index < -0.39 is 0 Å². The highest BCUT2D eigenvalue weighted by atomic mass is 16.5. The number of rotatable bonds is 12. The van der Waals surface area contributed by atoms with Gasteiger partial charge in [0.05, 0.1) is 6.61 Å². The van der Waals surface area contributed by atoms with Gasteiger partial charge < -0.3 is 9.64 Å². The maximum atomic E-state index is 5.85. The molecule has 118 valence electrons. The van der Waals surface area contributed by atoms with Crippen molar-refractivity contribution < 1.29 is 4.74 Å². The summed E-state index contributed by atoms with van der Waals surface area (Å²) < 4.78 is 5.85. The van der Waals surface area contributed by atoms with Crippen LogP contribution in [0, 0.1) is 0 Å². The summed E-state index contributed by atoms with van der Waals surface area (Å²) in [6, 6.07) is 8.08. The van der Waals surface area contributed by atoms with Crippen LogP contribution in [0.15, 0.2) is 30.8 Å². The van der Waals surface area contributed by atoms with Crippen molar-refractivity contribution in [2.75, 3.05) is 26.2 Å². The summed E-state index contributed by atoms with van der Waals surface area (Å²) in [4.78, 5) is 2.58. The SMILES string of the molecule is C=Cc1ccccc1OCCCCCN(CCC)CCC. The maximum absolute atomic E-state index is 5.85. The lowest BCUT2D eigenvalue weighted by molar-refractivity contribution is 0.259. The molecule has 2 heteroatoms. The van der Waals surface area contributed by atoms with Crippen molar-refractivity contribution in [1.82, 2.24) is 4.90 Å². The van der Waals surface area contributed by atoms with Gasteiger partial charge in [0.2, 0.25) is 0 Å². The molecule has 0 radical (unpaired) electrons. The van der Waals surface area contributed by atoms with Crippen LogP contribution in [0.5, 0.6) is 5.75 Å². The molecule has 0 fully saturated rings. The fourth-order valence-electron chi connectivity index (χ4n) is 2.54. The molecular weight excluding hydrogens is 258 g/mol. The molecule has 0 atom stereocenters. The molecule has 1 aromatic rings. The molecule has 0 N–H and O–H groups in total. The van der Waals surface area contributed by atoms with E-state index in [-0.39, 0.29) is 0 Å². The number of unbranched alkanes of at least 4 members (excludes halogenated alkanes) is 2. The zero-order valence-corrected chi connectivity index (χ0v) is 13.8. The molecule has 0 heterocycles. The number of hydrogen-bond donors (Lipinski definition) is 0. The van der Waals surface area contributed by atoms with E-state index in [4.69, 9.17) is 4.74 Å². The molecule has 0 spiro atoms. The zero-order valence-electron chi connectivity index (χ0n) is 13.8. The van der Waals surface area contributed by atoms with Crippen LogP contribution in [0.3, 0.4) is 0 Å². The lowest BCUT2D eigenvalue weighted by atomic mass is 10.2. The van der Waals surface area contributed by atoms with E-state index in [0.29, 0.717) is 0 Å². The fourth-order valence-corrected chi connectivity index (χ4v) is 2.54. The molecule has 1 rings (SSSR count). The quantitative estimate of drug-likeness (QED) is 0.502. The highest BCUT2D eigenvalue weighted by molar-refractivity contribution is 5.55. The monoisotopic (exact) mass is 289 g/mol. The van der Waals surface area contributed by atoms with Crippen molar-refractivity contribution in [3.8, 4) is 5.75 Å². The number of nitrogens with zero attached hydrogens (tertiary/aromatic N) is 1. The van der Waals surface area contributed by atoms with Gasteiger partial charge >= 0.3 is 0 Å². The van der Waals surface area contributed by atoms with Gasteiger partial charge in [0.25, 0.3) is 0 Å². The number of benzene rings is 1. The third-order valence-electron chi connectivity index (χ3n) is 3.59. The number of para-hydroxylation sites is 1. The molecule has 0 bridgehead atoms. The van der Waals surface area contributed by atoms with Crippen LogP contribution >= 0.6 is 0 Å². The first kappa shape index (κ1) is 17.8. The van der Waals surface area contributed by atoms with E-state index >= 15 is 0 Å². The Bertz CT molecular complexity index is 383. The average molecular weight is 289 g/mol. The Hall–Kier alpha value is -1.28. The van der Waals surface area contributed by atoms with Crippen LogP contribution in [-0.2, 0) is 0 Å². The largest absolute Gasteiger partial charge is 0.493 e. The van der Waals surface area contributed by atoms with Crippen molar-refractivity contribution >= 4 is 6.08 Å². The molecule has 0 amide bonds. The van der Waals surface area contributed by atoms with Gasteiger partial charge in [-0.15, -0.1) is 0 Å². The van der Waals surface area contributed by atoms with Crippen molar-refractivity contribution in [1.29, 1.82) is 0 Å². The predicted molar refractivity (Wildman–Crippen MR) is 92.9 cm³/mol. The highest BCUT2D eigenvalue weighted by Gasteiger charge is 2.02. The van der Waals surface area contributed by atoms with Crippen molar-refractivity contribution in [3.63, 3.8) is 0 Å². The Morgan fingerprint density at radius 2 is 1.71 bits per heavy atom. The summed E-state index contributed by atoms with van der Waals surface area (Å²) >= 11 is 0. The number of ether oxygens (including phenoxy) is 1. The standard InChI is InChI=1S/C19H31NO/c1-4-14-20(15-5-2)16-10-7-11-17-21-19-13-9-8-12-18(19)6-3/h6,8-9,12-13H,3-5,7,10-11,14-17H2,1-2H3. The molecular formula is C19H31NO. The minimum atomic E-state index is 0.798. The van der Waals surface area contributed by atoms with Gasteiger partial charge in [0.15, 0.2) is 0 Å². The molecule has 0 aliphatic carbocycles. The zero-order chi connectivity index (χ0) is 15.3. The average Bonchev–Trinajstić information content (AvgIpc) is 2.51. The van der Waals surface area contributed by atoms with Crippen LogP contribution in [0.25, 0.3) is 6.08 Å². The molecule has 0 aromatic heterocycles. The van der Waals surface area contributed by atoms with E-state index in [1.807, 2.05) is 30.3 Å². The molecule has 0 aliphatic rings. The van der Waals surface area contributed by atoms with E-state index in [0.717, 1.165) is 24.3 Å². The Morgan fingerprint density at radius 3 is 2.38 bits per heavy atom. The van der Waals surface area contributed by atoms with Crippen molar-refractivity contribution in [3.05, 3.63) is 36.4 Å². The first-order valence-corrected chi connectivity index (χ1v) is 8.38. The van der Waals surface area contributed by atoms with E-state index in [1.165, 1.54) is 45.3 Å². The Morgan fingerprint density at radius 1 is 1.00 bits per heavy atom. The van der Waals surface area contributed by atoms with Gasteiger partial charge in [-0.1, -0.05) is 44.7 Å². The van der Waals surface area contributed by atoms with Gasteiger partial charge in [-0.3, -0.25) is 0 Å². The summed E-state index contributed by atoms with van der Waals surface area (Å²) in [7, 11) is 0. The molecule has 1 aromatic carbocycles. The first-order valence-electron chi connectivity index (χ1n) is 8.38. The lowest BCUT2D eigenvalue weighted by Crippen LogP contribution is -2.26. The number of hydrogen-bond acceptors (Lipinski definition) is 2. The highest BCUT2D eigenvalue weighted by Crippen LogP contribution is 2.19. The van der Waals surface area contributed by atoms with Crippen molar-refractivity contribution in [2.45, 2.75) is 46.0 Å². The van der Waals surface area contributed by atoms with Crippen LogP contribution in [0.1, 0.15) is 51.5 Å². The molecule has 0 unspecified atom stereocenters. The summed E-state index contributed by atoms with van der Waals surface area (Å²) in [5.74, 6) is 0.950. The van der Waals surface area contributed by atoms with Crippen LogP contribution < -0.4 is 4.74 Å². The summed E-state index contributed by atoms with van der Waals surface area (Å²) in [6.45, 7) is 12.8. The molecule has 0 saturated heterocycles. The Balaban J connectivity index is 2.15. The minimum absolute atomic E-state index is 0.798. The molecule has 0 saturated carbocycles. The Kier molecular flexibility index (Phi) is 9.64. The van der Waals surface area contributed by atoms with Crippen LogP contribution in [0.2, 0.25) is 0 Å². The van der Waals surface area contributed by atoms with Gasteiger partial charge in [0.1, 0.15) is 5.75 Å². The van der Waals surface area contributed by atoms with E-state index in [9.17, 15) is 0 Å². The third kappa shape index (κ3) is 7.33. The second-order valence-electron chi connectivity index (χ2n) is 5.49. The molecule has 0 aliphatic heterocycles. The smallest absolute Gasteiger partial charge is 0.126 e. The van der Waals surface area contributed by atoms with Gasteiger partial charge in [0, 0.05) is 5.56 Å². The van der Waals surface area contributed by atoms with E-state index in [1.54, 1.807) is 0 Å². The fraction of sp³-hybridized carbons (Fsp3) is 0.579. The van der Waals surface area contributed by atoms with E-state index in [2.05, 4.69) is 25.3 Å². The summed E-state index contributed by atoms with van der Waals surface area (Å²) in [5.41, 5.74) is 1.08. The molecule has 2 nitrogen and oxygen atoms in total. The summed E-state index contributed by atoms with van der Waals surface area (Å²) in [5, 5.41) is 0. The van der Waals surface area contributed by atoms with Crippen LogP contribution in [0.4, 0.5) is 0 Å². The van der Waals surface area contributed by atoms with Gasteiger partial charge in [-0.05, 0) is 57.8 Å². The van der Waals surface area contributed by atoms with Gasteiger partial charge in [-0.2, -0.15) is 0 Å². The molecule has 21 heavy (non-hydrogen) atoms. The maximum Gasteiger partial charge on any atom is 0.126 e. The second kappa shape index (κ2) is 11.4. The predicted octanol–water partition coefficient (Wildman–Crippen LogP) is 5.00.